The van der Waals surface area contributed by atoms with Crippen LogP contribution >= 0.6 is 0 Å². The van der Waals surface area contributed by atoms with E-state index in [0.717, 1.165) is 36.4 Å². The van der Waals surface area contributed by atoms with Gasteiger partial charge in [0.1, 0.15) is 17.5 Å². The topological polar surface area (TPSA) is 55.2 Å². The third-order valence-electron chi connectivity index (χ3n) is 2.90. The van der Waals surface area contributed by atoms with Crippen molar-refractivity contribution in [3.63, 3.8) is 0 Å². The van der Waals surface area contributed by atoms with Crippen molar-refractivity contribution < 1.29 is 18.1 Å². The zero-order chi connectivity index (χ0) is 15.6. The molecule has 1 atom stereocenters. The summed E-state index contributed by atoms with van der Waals surface area (Å²) in [6, 6.07) is 5.23. The van der Waals surface area contributed by atoms with E-state index in [1.165, 1.54) is 6.92 Å². The molecule has 0 amide bonds. The van der Waals surface area contributed by atoms with Crippen LogP contribution in [0.25, 0.3) is 0 Å². The minimum absolute atomic E-state index is 0.0434. The first-order valence-electron chi connectivity index (χ1n) is 6.03. The smallest absolute Gasteiger partial charge is 0.274 e. The van der Waals surface area contributed by atoms with Crippen LogP contribution in [0.1, 0.15) is 18.5 Å². The van der Waals surface area contributed by atoms with Crippen molar-refractivity contribution in [3.05, 3.63) is 69.5 Å². The van der Waals surface area contributed by atoms with Gasteiger partial charge in [-0.25, -0.2) is 13.2 Å². The molecular weight excluding hydrogens is 285 g/mol. The molecule has 0 bridgehead atoms. The van der Waals surface area contributed by atoms with Crippen LogP contribution in [0.5, 0.6) is 0 Å². The molecule has 0 fully saturated rings. The number of anilines is 1. The second-order valence-corrected chi connectivity index (χ2v) is 4.49. The second kappa shape index (κ2) is 5.82. The molecule has 2 aromatic rings. The maximum atomic E-state index is 13.6. The van der Waals surface area contributed by atoms with E-state index < -0.39 is 34.1 Å². The van der Waals surface area contributed by atoms with Gasteiger partial charge in [-0.2, -0.15) is 0 Å². The lowest BCUT2D eigenvalue weighted by Crippen LogP contribution is -2.09. The Hall–Kier alpha value is -2.57. The van der Waals surface area contributed by atoms with E-state index in [2.05, 4.69) is 5.32 Å². The Morgan fingerprint density at radius 3 is 2.48 bits per heavy atom. The fourth-order valence-electron chi connectivity index (χ4n) is 1.94. The molecule has 0 heterocycles. The van der Waals surface area contributed by atoms with E-state index >= 15 is 0 Å². The SMILES string of the molecule is CC(Nc1cc(F)cc([N+](=O)[O-])c1)c1cc(F)ccc1F. The number of hydrogen-bond acceptors (Lipinski definition) is 3. The average molecular weight is 296 g/mol. The van der Waals surface area contributed by atoms with Gasteiger partial charge in [0.15, 0.2) is 0 Å². The van der Waals surface area contributed by atoms with Gasteiger partial charge in [-0.3, -0.25) is 10.1 Å². The van der Waals surface area contributed by atoms with Crippen LogP contribution < -0.4 is 5.32 Å². The molecule has 1 N–H and O–H groups in total. The largest absolute Gasteiger partial charge is 0.378 e. The highest BCUT2D eigenvalue weighted by atomic mass is 19.1. The number of nitro groups is 1. The highest BCUT2D eigenvalue weighted by Gasteiger charge is 2.15. The molecule has 0 aliphatic rings. The fraction of sp³-hybridized carbons (Fsp3) is 0.143. The molecule has 4 nitrogen and oxygen atoms in total. The Labute approximate surface area is 118 Å². The Kier molecular flexibility index (Phi) is 4.11. The minimum atomic E-state index is -0.793. The van der Waals surface area contributed by atoms with E-state index in [-0.39, 0.29) is 11.3 Å². The first-order valence-corrected chi connectivity index (χ1v) is 6.03. The molecule has 2 aromatic carbocycles. The number of halogens is 3. The van der Waals surface area contributed by atoms with Gasteiger partial charge < -0.3 is 5.32 Å². The van der Waals surface area contributed by atoms with Crippen LogP contribution in [0, 0.1) is 27.6 Å². The van der Waals surface area contributed by atoms with Gasteiger partial charge in [-0.05, 0) is 31.2 Å². The average Bonchev–Trinajstić information content (AvgIpc) is 2.40. The van der Waals surface area contributed by atoms with Gasteiger partial charge in [-0.1, -0.05) is 0 Å². The molecule has 0 radical (unpaired) electrons. The van der Waals surface area contributed by atoms with Crippen LogP contribution in [-0.2, 0) is 0 Å². The number of nitro benzene ring substituents is 1. The van der Waals surface area contributed by atoms with Gasteiger partial charge in [0, 0.05) is 17.3 Å². The summed E-state index contributed by atoms with van der Waals surface area (Å²) in [6.45, 7) is 1.54. The van der Waals surface area contributed by atoms with Crippen molar-refractivity contribution >= 4 is 11.4 Å². The van der Waals surface area contributed by atoms with Gasteiger partial charge in [0.2, 0.25) is 0 Å². The van der Waals surface area contributed by atoms with E-state index in [1.54, 1.807) is 0 Å². The van der Waals surface area contributed by atoms with Crippen LogP contribution in [-0.4, -0.2) is 4.92 Å². The monoisotopic (exact) mass is 296 g/mol. The normalized spacial score (nSPS) is 12.0. The van der Waals surface area contributed by atoms with E-state index in [4.69, 9.17) is 0 Å². The van der Waals surface area contributed by atoms with Gasteiger partial charge >= 0.3 is 0 Å². The molecule has 1 unspecified atom stereocenters. The molecule has 0 aliphatic heterocycles. The van der Waals surface area contributed by atoms with Crippen molar-refractivity contribution in [1.29, 1.82) is 0 Å². The van der Waals surface area contributed by atoms with Crippen molar-refractivity contribution in [1.82, 2.24) is 0 Å². The Morgan fingerprint density at radius 2 is 1.81 bits per heavy atom. The maximum Gasteiger partial charge on any atom is 0.274 e. The number of hydrogen-bond donors (Lipinski definition) is 1. The molecule has 110 valence electrons. The predicted molar refractivity (Wildman–Crippen MR) is 71.5 cm³/mol. The summed E-state index contributed by atoms with van der Waals surface area (Å²) in [7, 11) is 0. The lowest BCUT2D eigenvalue weighted by molar-refractivity contribution is -0.385. The molecule has 7 heteroatoms. The summed E-state index contributed by atoms with van der Waals surface area (Å²) in [5, 5.41) is 13.4. The predicted octanol–water partition coefficient (Wildman–Crippen LogP) is 4.19. The van der Waals surface area contributed by atoms with Crippen molar-refractivity contribution in [2.45, 2.75) is 13.0 Å². The summed E-state index contributed by atoms with van der Waals surface area (Å²) < 4.78 is 40.1. The van der Waals surface area contributed by atoms with E-state index in [9.17, 15) is 23.3 Å². The van der Waals surface area contributed by atoms with Crippen LogP contribution in [0.2, 0.25) is 0 Å². The highest BCUT2D eigenvalue weighted by Crippen LogP contribution is 2.26. The van der Waals surface area contributed by atoms with E-state index in [1.807, 2.05) is 0 Å². The standard InChI is InChI=1S/C14H11F3N2O2/c1-8(13-6-9(15)2-3-14(13)17)18-11-4-10(16)5-12(7-11)19(20)21/h2-8,18H,1H3. The second-order valence-electron chi connectivity index (χ2n) is 4.49. The number of nitrogens with zero attached hydrogens (tertiary/aromatic N) is 1. The van der Waals surface area contributed by atoms with Gasteiger partial charge in [0.05, 0.1) is 17.0 Å². The Bertz CT molecular complexity index is 692. The summed E-state index contributed by atoms with van der Waals surface area (Å²) >= 11 is 0. The molecular formula is C14H11F3N2O2. The number of rotatable bonds is 4. The van der Waals surface area contributed by atoms with E-state index in [0.29, 0.717) is 0 Å². The van der Waals surface area contributed by atoms with Crippen LogP contribution in [0.3, 0.4) is 0 Å². The molecule has 0 saturated carbocycles. The quantitative estimate of drug-likeness (QED) is 0.680. The van der Waals surface area contributed by atoms with Crippen molar-refractivity contribution in [2.75, 3.05) is 5.32 Å². The molecule has 21 heavy (non-hydrogen) atoms. The third-order valence-corrected chi connectivity index (χ3v) is 2.90. The molecule has 0 aromatic heterocycles. The highest BCUT2D eigenvalue weighted by molar-refractivity contribution is 5.52. The summed E-state index contributed by atoms with van der Waals surface area (Å²) in [5.74, 6) is -2.02. The number of nitrogens with one attached hydrogen (secondary N) is 1. The summed E-state index contributed by atoms with van der Waals surface area (Å²) in [5.41, 5.74) is -0.274. The first-order chi connectivity index (χ1) is 9.86. The third kappa shape index (κ3) is 3.50. The lowest BCUT2D eigenvalue weighted by atomic mass is 10.1. The molecule has 2 rings (SSSR count). The van der Waals surface area contributed by atoms with Gasteiger partial charge in [-0.15, -0.1) is 0 Å². The van der Waals surface area contributed by atoms with Gasteiger partial charge in [0.25, 0.3) is 5.69 Å². The summed E-state index contributed by atoms with van der Waals surface area (Å²) in [4.78, 5) is 9.93. The van der Waals surface area contributed by atoms with Crippen molar-refractivity contribution in [3.8, 4) is 0 Å². The Balaban J connectivity index is 2.29. The molecule has 0 spiro atoms. The maximum absolute atomic E-state index is 13.6. The molecule has 0 saturated heterocycles. The Morgan fingerprint density at radius 1 is 1.10 bits per heavy atom. The minimum Gasteiger partial charge on any atom is -0.378 e. The first kappa shape index (κ1) is 14.8. The fourth-order valence-corrected chi connectivity index (χ4v) is 1.94. The lowest BCUT2D eigenvalue weighted by Gasteiger charge is -2.16. The van der Waals surface area contributed by atoms with Crippen LogP contribution in [0.15, 0.2) is 36.4 Å². The summed E-state index contributed by atoms with van der Waals surface area (Å²) in [6.07, 6.45) is 0. The zero-order valence-corrected chi connectivity index (χ0v) is 10.9. The zero-order valence-electron chi connectivity index (χ0n) is 10.9. The molecule has 0 aliphatic carbocycles. The van der Waals surface area contributed by atoms with Crippen molar-refractivity contribution in [2.24, 2.45) is 0 Å². The number of benzene rings is 2. The number of non-ortho nitro benzene ring substituents is 1. The van der Waals surface area contributed by atoms with Crippen LogP contribution in [0.4, 0.5) is 24.5 Å².